The molecule has 3 nitrogen and oxygen atoms in total. The molecule has 4 heteroatoms. The highest BCUT2D eigenvalue weighted by Gasteiger charge is 2.20. The normalized spacial score (nSPS) is 15.1. The van der Waals surface area contributed by atoms with Crippen LogP contribution in [0.2, 0.25) is 0 Å². The molecule has 0 saturated carbocycles. The molecule has 1 aromatic carbocycles. The first-order valence-electron chi connectivity index (χ1n) is 7.92. The van der Waals surface area contributed by atoms with Crippen molar-refractivity contribution >= 4 is 15.9 Å². The van der Waals surface area contributed by atoms with Gasteiger partial charge in [-0.1, -0.05) is 22.9 Å². The van der Waals surface area contributed by atoms with Crippen LogP contribution in [-0.2, 0) is 12.8 Å². The van der Waals surface area contributed by atoms with Gasteiger partial charge in [0.15, 0.2) is 0 Å². The maximum Gasteiger partial charge on any atom is 0.125 e. The number of halogens is 1. The molecule has 1 atom stereocenters. The van der Waals surface area contributed by atoms with Crippen molar-refractivity contribution in [2.45, 2.75) is 38.6 Å². The quantitative estimate of drug-likeness (QED) is 0.775. The van der Waals surface area contributed by atoms with Gasteiger partial charge >= 0.3 is 0 Å². The summed E-state index contributed by atoms with van der Waals surface area (Å²) in [5.41, 5.74) is 2.69. The first kappa shape index (κ1) is 16.8. The van der Waals surface area contributed by atoms with E-state index in [-0.39, 0.29) is 0 Å². The Morgan fingerprint density at radius 2 is 2.19 bits per heavy atom. The molecule has 0 fully saturated rings. The van der Waals surface area contributed by atoms with E-state index >= 15 is 0 Å². The lowest BCUT2D eigenvalue weighted by atomic mass is 9.99. The number of nitrogens with one attached hydrogen (secondary N) is 1. The molecule has 0 radical (unpaired) electrons. The van der Waals surface area contributed by atoms with E-state index in [0.29, 0.717) is 6.04 Å². The van der Waals surface area contributed by atoms with E-state index in [1.54, 1.807) is 0 Å². The van der Waals surface area contributed by atoms with E-state index in [1.165, 1.54) is 22.0 Å². The summed E-state index contributed by atoms with van der Waals surface area (Å²) in [7, 11) is 4.27. The van der Waals surface area contributed by atoms with Crippen LogP contribution in [0.4, 0.5) is 0 Å². The molecule has 1 aliphatic rings. The average molecular weight is 355 g/mol. The van der Waals surface area contributed by atoms with E-state index in [9.17, 15) is 0 Å². The first-order valence-corrected chi connectivity index (χ1v) is 8.71. The zero-order valence-corrected chi connectivity index (χ0v) is 15.0. The van der Waals surface area contributed by atoms with Crippen molar-refractivity contribution in [3.8, 4) is 5.75 Å². The lowest BCUT2D eigenvalue weighted by molar-refractivity contribution is 0.341. The number of fused-ring (bicyclic) bond motifs is 1. The standard InChI is InChI=1S/C17H27BrN2O/c1-4-7-19-16(5-8-20(2)3)12-14-11-15(18)10-13-6-9-21-17(13)14/h10-11,16,19H,4-9,12H2,1-3H3. The van der Waals surface area contributed by atoms with Crippen molar-refractivity contribution in [2.24, 2.45) is 0 Å². The minimum atomic E-state index is 0.509. The number of benzene rings is 1. The van der Waals surface area contributed by atoms with Crippen LogP contribution >= 0.6 is 15.9 Å². The Labute approximate surface area is 137 Å². The van der Waals surface area contributed by atoms with Crippen LogP contribution < -0.4 is 10.1 Å². The van der Waals surface area contributed by atoms with Crippen molar-refractivity contribution in [1.82, 2.24) is 10.2 Å². The number of hydrogen-bond acceptors (Lipinski definition) is 3. The fraction of sp³-hybridized carbons (Fsp3) is 0.647. The second-order valence-electron chi connectivity index (χ2n) is 6.10. The Hall–Kier alpha value is -0.580. The zero-order valence-electron chi connectivity index (χ0n) is 13.4. The Balaban J connectivity index is 2.08. The monoisotopic (exact) mass is 354 g/mol. The van der Waals surface area contributed by atoms with Gasteiger partial charge in [0.25, 0.3) is 0 Å². The van der Waals surface area contributed by atoms with Crippen LogP contribution in [0, 0.1) is 0 Å². The van der Waals surface area contributed by atoms with Crippen molar-refractivity contribution < 1.29 is 4.74 Å². The van der Waals surface area contributed by atoms with Crippen molar-refractivity contribution in [2.75, 3.05) is 33.8 Å². The van der Waals surface area contributed by atoms with Gasteiger partial charge in [-0.2, -0.15) is 0 Å². The summed E-state index contributed by atoms with van der Waals surface area (Å²) in [5.74, 6) is 1.13. The van der Waals surface area contributed by atoms with Gasteiger partial charge in [-0.05, 0) is 69.7 Å². The van der Waals surface area contributed by atoms with Crippen LogP contribution in [0.5, 0.6) is 5.75 Å². The molecule has 1 unspecified atom stereocenters. The molecule has 0 spiro atoms. The molecule has 0 saturated heterocycles. The summed E-state index contributed by atoms with van der Waals surface area (Å²) >= 11 is 3.64. The fourth-order valence-electron chi connectivity index (χ4n) is 2.80. The first-order chi connectivity index (χ1) is 10.1. The number of nitrogens with zero attached hydrogens (tertiary/aromatic N) is 1. The predicted octanol–water partition coefficient (Wildman–Crippen LogP) is 3.25. The second kappa shape index (κ2) is 8.16. The van der Waals surface area contributed by atoms with E-state index in [1.807, 2.05) is 0 Å². The third-order valence-electron chi connectivity index (χ3n) is 3.90. The average Bonchev–Trinajstić information content (AvgIpc) is 2.89. The van der Waals surface area contributed by atoms with E-state index in [0.717, 1.165) is 44.7 Å². The highest BCUT2D eigenvalue weighted by atomic mass is 79.9. The minimum absolute atomic E-state index is 0.509. The molecule has 0 aromatic heterocycles. The Bertz CT molecular complexity index is 462. The van der Waals surface area contributed by atoms with E-state index in [2.05, 4.69) is 59.3 Å². The molecule has 1 heterocycles. The zero-order chi connectivity index (χ0) is 15.2. The molecule has 118 valence electrons. The Morgan fingerprint density at radius 3 is 2.90 bits per heavy atom. The van der Waals surface area contributed by atoms with Gasteiger partial charge in [-0.3, -0.25) is 0 Å². The van der Waals surface area contributed by atoms with E-state index in [4.69, 9.17) is 4.74 Å². The third kappa shape index (κ3) is 4.97. The van der Waals surface area contributed by atoms with Gasteiger partial charge in [-0.15, -0.1) is 0 Å². The fourth-order valence-corrected chi connectivity index (χ4v) is 3.35. The number of ether oxygens (including phenoxy) is 1. The smallest absolute Gasteiger partial charge is 0.125 e. The van der Waals surface area contributed by atoms with Gasteiger partial charge in [-0.25, -0.2) is 0 Å². The molecule has 0 amide bonds. The van der Waals surface area contributed by atoms with E-state index < -0.39 is 0 Å². The lowest BCUT2D eigenvalue weighted by Crippen LogP contribution is -2.34. The topological polar surface area (TPSA) is 24.5 Å². The highest BCUT2D eigenvalue weighted by molar-refractivity contribution is 9.10. The minimum Gasteiger partial charge on any atom is -0.493 e. The van der Waals surface area contributed by atoms with Crippen LogP contribution in [0.25, 0.3) is 0 Å². The molecule has 1 aromatic rings. The number of rotatable bonds is 8. The Kier molecular flexibility index (Phi) is 6.52. The summed E-state index contributed by atoms with van der Waals surface area (Å²) in [6, 6.07) is 4.93. The molecular weight excluding hydrogens is 328 g/mol. The van der Waals surface area contributed by atoms with Crippen LogP contribution in [-0.4, -0.2) is 44.7 Å². The highest BCUT2D eigenvalue weighted by Crippen LogP contribution is 2.33. The van der Waals surface area contributed by atoms with Gasteiger partial charge in [0, 0.05) is 16.9 Å². The molecule has 0 bridgehead atoms. The summed E-state index contributed by atoms with van der Waals surface area (Å²) in [5, 5.41) is 3.69. The largest absolute Gasteiger partial charge is 0.493 e. The maximum absolute atomic E-state index is 5.86. The van der Waals surface area contributed by atoms with Crippen LogP contribution in [0.3, 0.4) is 0 Å². The van der Waals surface area contributed by atoms with Crippen LogP contribution in [0.15, 0.2) is 16.6 Å². The molecular formula is C17H27BrN2O. The number of hydrogen-bond donors (Lipinski definition) is 1. The maximum atomic E-state index is 5.86. The molecule has 2 rings (SSSR count). The molecule has 0 aliphatic carbocycles. The molecule has 1 N–H and O–H groups in total. The van der Waals surface area contributed by atoms with Gasteiger partial charge in [0.1, 0.15) is 5.75 Å². The molecule has 21 heavy (non-hydrogen) atoms. The van der Waals surface area contributed by atoms with Gasteiger partial charge in [0.05, 0.1) is 6.61 Å². The SMILES string of the molecule is CCCNC(CCN(C)C)Cc1cc(Br)cc2c1OCC2. The molecule has 1 aliphatic heterocycles. The lowest BCUT2D eigenvalue weighted by Gasteiger charge is -2.22. The predicted molar refractivity (Wildman–Crippen MR) is 92.3 cm³/mol. The van der Waals surface area contributed by atoms with Crippen LogP contribution in [0.1, 0.15) is 30.9 Å². The van der Waals surface area contributed by atoms with Crippen molar-refractivity contribution in [3.63, 3.8) is 0 Å². The summed E-state index contributed by atoms with van der Waals surface area (Å²) in [6.07, 6.45) is 4.40. The third-order valence-corrected chi connectivity index (χ3v) is 4.36. The summed E-state index contributed by atoms with van der Waals surface area (Å²) in [4.78, 5) is 2.25. The van der Waals surface area contributed by atoms with Gasteiger partial charge < -0.3 is 15.0 Å². The van der Waals surface area contributed by atoms with Crippen molar-refractivity contribution in [1.29, 1.82) is 0 Å². The Morgan fingerprint density at radius 1 is 1.38 bits per heavy atom. The van der Waals surface area contributed by atoms with Gasteiger partial charge in [0.2, 0.25) is 0 Å². The van der Waals surface area contributed by atoms with Crippen molar-refractivity contribution in [3.05, 3.63) is 27.7 Å². The second-order valence-corrected chi connectivity index (χ2v) is 7.01. The summed E-state index contributed by atoms with van der Waals surface area (Å²) in [6.45, 7) is 5.23. The summed E-state index contributed by atoms with van der Waals surface area (Å²) < 4.78 is 7.03.